The van der Waals surface area contributed by atoms with Crippen molar-refractivity contribution in [2.45, 2.75) is 44.1 Å². The van der Waals surface area contributed by atoms with Crippen molar-refractivity contribution in [3.05, 3.63) is 78.6 Å². The second kappa shape index (κ2) is 9.40. The van der Waals surface area contributed by atoms with Crippen LogP contribution in [0.3, 0.4) is 0 Å². The van der Waals surface area contributed by atoms with Crippen LogP contribution in [0.15, 0.2) is 78.0 Å². The summed E-state index contributed by atoms with van der Waals surface area (Å²) in [7, 11) is -3.76. The van der Waals surface area contributed by atoms with Crippen molar-refractivity contribution in [1.29, 1.82) is 0 Å². The standard InChI is InChI=1S/C24H27N3O4S/c1-17(31-21-11-7-18(8-12-21)24(2,3)4)23(28)26-19-9-13-22(14-10-19)32(29,30)27-20-6-5-15-25-16-20/h5-17,27H,1-4H3,(H,26,28)/t17-/m0/s1. The van der Waals surface area contributed by atoms with E-state index in [0.717, 1.165) is 0 Å². The lowest BCUT2D eigenvalue weighted by molar-refractivity contribution is -0.122. The molecular weight excluding hydrogens is 426 g/mol. The van der Waals surface area contributed by atoms with Gasteiger partial charge in [0.1, 0.15) is 5.75 Å². The first-order chi connectivity index (χ1) is 15.0. The Morgan fingerprint density at radius 2 is 1.62 bits per heavy atom. The molecule has 8 heteroatoms. The minimum Gasteiger partial charge on any atom is -0.481 e. The molecule has 0 spiro atoms. The highest BCUT2D eigenvalue weighted by Crippen LogP contribution is 2.25. The third kappa shape index (κ3) is 6.07. The number of aromatic nitrogens is 1. The number of hydrogen-bond acceptors (Lipinski definition) is 5. The first-order valence-electron chi connectivity index (χ1n) is 10.2. The molecule has 0 radical (unpaired) electrons. The van der Waals surface area contributed by atoms with E-state index in [1.54, 1.807) is 25.3 Å². The van der Waals surface area contributed by atoms with E-state index in [2.05, 4.69) is 35.8 Å². The number of rotatable bonds is 7. The number of hydrogen-bond donors (Lipinski definition) is 2. The molecule has 0 saturated carbocycles. The Balaban J connectivity index is 1.60. The molecule has 0 aliphatic heterocycles. The lowest BCUT2D eigenvalue weighted by atomic mass is 9.87. The maximum Gasteiger partial charge on any atom is 0.265 e. The number of benzene rings is 2. The van der Waals surface area contributed by atoms with Crippen LogP contribution in [0.4, 0.5) is 11.4 Å². The maximum absolute atomic E-state index is 12.5. The predicted octanol–water partition coefficient (Wildman–Crippen LogP) is 4.59. The van der Waals surface area contributed by atoms with E-state index in [4.69, 9.17) is 4.74 Å². The largest absolute Gasteiger partial charge is 0.481 e. The molecule has 0 fully saturated rings. The van der Waals surface area contributed by atoms with Gasteiger partial charge in [-0.05, 0) is 66.4 Å². The Labute approximate surface area is 188 Å². The normalized spacial score (nSPS) is 12.6. The van der Waals surface area contributed by atoms with Gasteiger partial charge in [-0.1, -0.05) is 32.9 Å². The fraction of sp³-hybridized carbons (Fsp3) is 0.250. The number of pyridine rings is 1. The average Bonchev–Trinajstić information content (AvgIpc) is 2.74. The van der Waals surface area contributed by atoms with Gasteiger partial charge in [-0.3, -0.25) is 14.5 Å². The van der Waals surface area contributed by atoms with Crippen LogP contribution in [-0.2, 0) is 20.2 Å². The van der Waals surface area contributed by atoms with Crippen molar-refractivity contribution in [3.8, 4) is 5.75 Å². The van der Waals surface area contributed by atoms with Crippen LogP contribution in [0.5, 0.6) is 5.75 Å². The molecule has 1 atom stereocenters. The van der Waals surface area contributed by atoms with Crippen molar-refractivity contribution in [3.63, 3.8) is 0 Å². The third-order valence-electron chi connectivity index (χ3n) is 4.75. The summed E-state index contributed by atoms with van der Waals surface area (Å²) in [5.74, 6) is 0.262. The van der Waals surface area contributed by atoms with E-state index in [1.165, 1.54) is 36.0 Å². The van der Waals surface area contributed by atoms with Crippen molar-refractivity contribution < 1.29 is 17.9 Å². The van der Waals surface area contributed by atoms with Crippen LogP contribution in [0.25, 0.3) is 0 Å². The zero-order valence-electron chi connectivity index (χ0n) is 18.5. The van der Waals surface area contributed by atoms with E-state index in [9.17, 15) is 13.2 Å². The van der Waals surface area contributed by atoms with E-state index >= 15 is 0 Å². The van der Waals surface area contributed by atoms with Crippen LogP contribution in [0.1, 0.15) is 33.3 Å². The minimum absolute atomic E-state index is 0.0364. The summed E-state index contributed by atoms with van der Waals surface area (Å²) in [5.41, 5.74) is 2.05. The zero-order chi connectivity index (χ0) is 23.4. The van der Waals surface area contributed by atoms with E-state index in [0.29, 0.717) is 17.1 Å². The number of anilines is 2. The molecule has 168 valence electrons. The highest BCUT2D eigenvalue weighted by molar-refractivity contribution is 7.92. The quantitative estimate of drug-likeness (QED) is 0.545. The van der Waals surface area contributed by atoms with Gasteiger partial charge in [0.2, 0.25) is 0 Å². The molecule has 2 N–H and O–H groups in total. The van der Waals surface area contributed by atoms with Crippen molar-refractivity contribution >= 4 is 27.3 Å². The summed E-state index contributed by atoms with van der Waals surface area (Å²) in [6.07, 6.45) is 2.25. The Kier molecular flexibility index (Phi) is 6.84. The summed E-state index contributed by atoms with van der Waals surface area (Å²) in [6.45, 7) is 8.04. The first kappa shape index (κ1) is 23.3. The zero-order valence-corrected chi connectivity index (χ0v) is 19.3. The van der Waals surface area contributed by atoms with Crippen LogP contribution >= 0.6 is 0 Å². The molecule has 1 heterocycles. The van der Waals surface area contributed by atoms with E-state index < -0.39 is 16.1 Å². The smallest absolute Gasteiger partial charge is 0.265 e. The number of sulfonamides is 1. The fourth-order valence-electron chi connectivity index (χ4n) is 2.89. The SMILES string of the molecule is C[C@H](Oc1ccc(C(C)(C)C)cc1)C(=O)Nc1ccc(S(=O)(=O)Nc2cccnc2)cc1. The lowest BCUT2D eigenvalue weighted by Crippen LogP contribution is -2.30. The molecule has 1 amide bonds. The van der Waals surface area contributed by atoms with E-state index in [1.807, 2.05) is 24.3 Å². The molecule has 2 aromatic carbocycles. The van der Waals surface area contributed by atoms with Gasteiger partial charge in [-0.2, -0.15) is 0 Å². The molecule has 1 aromatic heterocycles. The number of carbonyl (C=O) groups is 1. The first-order valence-corrected chi connectivity index (χ1v) is 11.6. The number of ether oxygens (including phenoxy) is 1. The van der Waals surface area contributed by atoms with Gasteiger partial charge in [0.25, 0.3) is 15.9 Å². The van der Waals surface area contributed by atoms with Gasteiger partial charge in [0.05, 0.1) is 16.8 Å². The van der Waals surface area contributed by atoms with Gasteiger partial charge in [-0.25, -0.2) is 8.42 Å². The van der Waals surface area contributed by atoms with Crippen molar-refractivity contribution in [2.75, 3.05) is 10.0 Å². The Bertz CT molecular complexity index is 1150. The summed E-state index contributed by atoms with van der Waals surface area (Å²) < 4.78 is 33.2. The second-order valence-corrected chi connectivity index (χ2v) is 10.1. The summed E-state index contributed by atoms with van der Waals surface area (Å²) in [6, 6.07) is 16.8. The molecule has 0 bridgehead atoms. The highest BCUT2D eigenvalue weighted by atomic mass is 32.2. The number of carbonyl (C=O) groups excluding carboxylic acids is 1. The molecule has 0 aliphatic rings. The van der Waals surface area contributed by atoms with Crippen LogP contribution in [-0.4, -0.2) is 25.4 Å². The Morgan fingerprint density at radius 3 is 2.19 bits per heavy atom. The minimum atomic E-state index is -3.76. The molecule has 7 nitrogen and oxygen atoms in total. The molecule has 3 aromatic rings. The Hall–Kier alpha value is -3.39. The maximum atomic E-state index is 12.5. The van der Waals surface area contributed by atoms with Gasteiger partial charge < -0.3 is 10.1 Å². The van der Waals surface area contributed by atoms with Crippen LogP contribution in [0, 0.1) is 0 Å². The van der Waals surface area contributed by atoms with Gasteiger partial charge in [0, 0.05) is 11.9 Å². The molecule has 0 aliphatic carbocycles. The summed E-state index contributed by atoms with van der Waals surface area (Å²) in [4.78, 5) is 16.4. The monoisotopic (exact) mass is 453 g/mol. The topological polar surface area (TPSA) is 97.4 Å². The molecule has 0 saturated heterocycles. The molecule has 32 heavy (non-hydrogen) atoms. The third-order valence-corrected chi connectivity index (χ3v) is 6.15. The predicted molar refractivity (Wildman–Crippen MR) is 125 cm³/mol. The molecular formula is C24H27N3O4S. The average molecular weight is 454 g/mol. The number of amides is 1. The van der Waals surface area contributed by atoms with Crippen molar-refractivity contribution in [2.24, 2.45) is 0 Å². The van der Waals surface area contributed by atoms with Gasteiger partial charge >= 0.3 is 0 Å². The number of nitrogens with zero attached hydrogens (tertiary/aromatic N) is 1. The number of nitrogens with one attached hydrogen (secondary N) is 2. The van der Waals surface area contributed by atoms with Gasteiger partial charge in [-0.15, -0.1) is 0 Å². The van der Waals surface area contributed by atoms with Crippen LogP contribution in [0.2, 0.25) is 0 Å². The van der Waals surface area contributed by atoms with E-state index in [-0.39, 0.29) is 16.2 Å². The highest BCUT2D eigenvalue weighted by Gasteiger charge is 2.18. The molecule has 3 rings (SSSR count). The molecule has 0 unspecified atom stereocenters. The fourth-order valence-corrected chi connectivity index (χ4v) is 3.93. The summed E-state index contributed by atoms with van der Waals surface area (Å²) in [5, 5.41) is 2.74. The second-order valence-electron chi connectivity index (χ2n) is 8.40. The van der Waals surface area contributed by atoms with Gasteiger partial charge in [0.15, 0.2) is 6.10 Å². The van der Waals surface area contributed by atoms with Crippen molar-refractivity contribution in [1.82, 2.24) is 4.98 Å². The Morgan fingerprint density at radius 1 is 0.969 bits per heavy atom. The summed E-state index contributed by atoms with van der Waals surface area (Å²) >= 11 is 0. The van der Waals surface area contributed by atoms with Crippen LogP contribution < -0.4 is 14.8 Å². The lowest BCUT2D eigenvalue weighted by Gasteiger charge is -2.20.